The molecule has 130 valence electrons. The Morgan fingerprint density at radius 2 is 1.96 bits per heavy atom. The van der Waals surface area contributed by atoms with Gasteiger partial charge in [-0.15, -0.1) is 11.8 Å². The van der Waals surface area contributed by atoms with Gasteiger partial charge >= 0.3 is 0 Å². The number of anilines is 1. The third-order valence-corrected chi connectivity index (χ3v) is 4.87. The van der Waals surface area contributed by atoms with E-state index in [2.05, 4.69) is 5.32 Å². The minimum Gasteiger partial charge on any atom is -0.492 e. The number of benzene rings is 2. The van der Waals surface area contributed by atoms with Crippen molar-refractivity contribution in [3.8, 4) is 5.75 Å². The van der Waals surface area contributed by atoms with Crippen molar-refractivity contribution in [3.05, 3.63) is 54.1 Å². The van der Waals surface area contributed by atoms with Crippen LogP contribution in [-0.4, -0.2) is 37.3 Å². The maximum atomic E-state index is 12.2. The summed E-state index contributed by atoms with van der Waals surface area (Å²) < 4.78 is 5.58. The number of fused-ring (bicyclic) bond motifs is 1. The van der Waals surface area contributed by atoms with E-state index in [1.807, 2.05) is 55.5 Å². The van der Waals surface area contributed by atoms with Gasteiger partial charge in [-0.1, -0.05) is 29.8 Å². The average molecular weight is 356 g/mol. The van der Waals surface area contributed by atoms with E-state index in [9.17, 15) is 9.59 Å². The van der Waals surface area contributed by atoms with Crippen molar-refractivity contribution in [3.63, 3.8) is 0 Å². The second-order valence-corrected chi connectivity index (χ2v) is 6.76. The zero-order valence-electron chi connectivity index (χ0n) is 14.0. The van der Waals surface area contributed by atoms with Crippen LogP contribution in [0.1, 0.15) is 5.56 Å². The molecule has 3 rings (SSSR count). The van der Waals surface area contributed by atoms with E-state index in [1.54, 1.807) is 4.90 Å². The summed E-state index contributed by atoms with van der Waals surface area (Å²) in [5.74, 6) is 0.898. The molecule has 2 aromatic rings. The van der Waals surface area contributed by atoms with Gasteiger partial charge in [0.2, 0.25) is 11.8 Å². The Morgan fingerprint density at radius 3 is 2.76 bits per heavy atom. The SMILES string of the molecule is Cc1ccc(OCCNC(=O)CN2C(=O)CSc3ccccc32)cc1. The van der Waals surface area contributed by atoms with Gasteiger partial charge in [0.05, 0.1) is 18.0 Å². The van der Waals surface area contributed by atoms with Crippen molar-refractivity contribution in [2.24, 2.45) is 0 Å². The zero-order valence-corrected chi connectivity index (χ0v) is 14.8. The molecular weight excluding hydrogens is 336 g/mol. The van der Waals surface area contributed by atoms with Gasteiger partial charge < -0.3 is 15.0 Å². The van der Waals surface area contributed by atoms with Gasteiger partial charge in [-0.05, 0) is 31.2 Å². The summed E-state index contributed by atoms with van der Waals surface area (Å²) in [7, 11) is 0. The molecule has 0 aromatic heterocycles. The fraction of sp³-hybridized carbons (Fsp3) is 0.263. The lowest BCUT2D eigenvalue weighted by Gasteiger charge is -2.28. The number of hydrogen-bond donors (Lipinski definition) is 1. The molecule has 0 radical (unpaired) electrons. The first kappa shape index (κ1) is 17.4. The summed E-state index contributed by atoms with van der Waals surface area (Å²) in [5.41, 5.74) is 1.97. The summed E-state index contributed by atoms with van der Waals surface area (Å²) in [4.78, 5) is 26.9. The molecule has 0 bridgehead atoms. The topological polar surface area (TPSA) is 58.6 Å². The highest BCUT2D eigenvalue weighted by Crippen LogP contribution is 2.34. The van der Waals surface area contributed by atoms with Gasteiger partial charge in [0, 0.05) is 4.90 Å². The standard InChI is InChI=1S/C19H20N2O3S/c1-14-6-8-15(9-7-14)24-11-10-20-18(22)12-21-16-4-2-3-5-17(16)25-13-19(21)23/h2-9H,10-13H2,1H3,(H,20,22). The van der Waals surface area contributed by atoms with Crippen LogP contribution in [0, 0.1) is 6.92 Å². The van der Waals surface area contributed by atoms with Crippen molar-refractivity contribution >= 4 is 29.3 Å². The van der Waals surface area contributed by atoms with Gasteiger partial charge in [-0.3, -0.25) is 9.59 Å². The minimum atomic E-state index is -0.192. The smallest absolute Gasteiger partial charge is 0.240 e. The molecule has 0 aliphatic carbocycles. The van der Waals surface area contributed by atoms with Crippen LogP contribution in [0.5, 0.6) is 5.75 Å². The normalized spacial score (nSPS) is 13.3. The number of para-hydroxylation sites is 1. The van der Waals surface area contributed by atoms with E-state index in [4.69, 9.17) is 4.74 Å². The number of rotatable bonds is 6. The van der Waals surface area contributed by atoms with Crippen molar-refractivity contribution in [2.45, 2.75) is 11.8 Å². The fourth-order valence-electron chi connectivity index (χ4n) is 2.52. The summed E-state index contributed by atoms with van der Waals surface area (Å²) in [5, 5.41) is 2.80. The summed E-state index contributed by atoms with van der Waals surface area (Å²) in [6.07, 6.45) is 0. The summed E-state index contributed by atoms with van der Waals surface area (Å²) in [6.45, 7) is 2.82. The Kier molecular flexibility index (Phi) is 5.60. The van der Waals surface area contributed by atoms with Crippen molar-refractivity contribution in [2.75, 3.05) is 30.3 Å². The Morgan fingerprint density at radius 1 is 1.20 bits per heavy atom. The van der Waals surface area contributed by atoms with Gasteiger partial charge in [0.15, 0.2) is 0 Å². The molecule has 0 spiro atoms. The lowest BCUT2D eigenvalue weighted by molar-refractivity contribution is -0.123. The first-order chi connectivity index (χ1) is 12.1. The van der Waals surface area contributed by atoms with Crippen LogP contribution in [0.25, 0.3) is 0 Å². The summed E-state index contributed by atoms with van der Waals surface area (Å²) >= 11 is 1.50. The molecule has 0 unspecified atom stereocenters. The molecule has 2 amide bonds. The van der Waals surface area contributed by atoms with Crippen molar-refractivity contribution in [1.29, 1.82) is 0 Å². The molecule has 2 aromatic carbocycles. The predicted molar refractivity (Wildman–Crippen MR) is 99.2 cm³/mol. The molecule has 1 N–H and O–H groups in total. The molecule has 1 aliphatic rings. The van der Waals surface area contributed by atoms with E-state index in [0.717, 1.165) is 16.3 Å². The second kappa shape index (κ2) is 8.07. The van der Waals surface area contributed by atoms with Gasteiger partial charge in [0.25, 0.3) is 0 Å². The zero-order chi connectivity index (χ0) is 17.6. The van der Waals surface area contributed by atoms with Crippen LogP contribution >= 0.6 is 11.8 Å². The Balaban J connectivity index is 1.48. The maximum Gasteiger partial charge on any atom is 0.240 e. The van der Waals surface area contributed by atoms with E-state index in [1.165, 1.54) is 17.3 Å². The molecule has 1 heterocycles. The van der Waals surface area contributed by atoms with E-state index >= 15 is 0 Å². The van der Waals surface area contributed by atoms with E-state index < -0.39 is 0 Å². The lowest BCUT2D eigenvalue weighted by Crippen LogP contribution is -2.44. The number of ether oxygens (including phenoxy) is 1. The first-order valence-corrected chi connectivity index (χ1v) is 9.10. The number of carbonyl (C=O) groups excluding carboxylic acids is 2. The predicted octanol–water partition coefficient (Wildman–Crippen LogP) is 2.63. The van der Waals surface area contributed by atoms with Crippen LogP contribution < -0.4 is 15.0 Å². The van der Waals surface area contributed by atoms with Gasteiger partial charge in [-0.25, -0.2) is 0 Å². The Labute approximate surface area is 151 Å². The first-order valence-electron chi connectivity index (χ1n) is 8.12. The molecule has 0 saturated heterocycles. The number of hydrogen-bond acceptors (Lipinski definition) is 4. The fourth-order valence-corrected chi connectivity index (χ4v) is 3.46. The monoisotopic (exact) mass is 356 g/mol. The molecule has 0 saturated carbocycles. The Hall–Kier alpha value is -2.47. The quantitative estimate of drug-likeness (QED) is 0.809. The number of thioether (sulfide) groups is 1. The highest BCUT2D eigenvalue weighted by molar-refractivity contribution is 8.00. The molecule has 6 heteroatoms. The molecule has 1 aliphatic heterocycles. The van der Waals surface area contributed by atoms with Crippen LogP contribution in [0.4, 0.5) is 5.69 Å². The molecule has 25 heavy (non-hydrogen) atoms. The number of amides is 2. The largest absolute Gasteiger partial charge is 0.492 e. The van der Waals surface area contributed by atoms with Crippen LogP contribution in [-0.2, 0) is 9.59 Å². The third kappa shape index (κ3) is 4.54. The third-order valence-electron chi connectivity index (χ3n) is 3.82. The number of nitrogens with one attached hydrogen (secondary N) is 1. The average Bonchev–Trinajstić information content (AvgIpc) is 2.63. The number of carbonyl (C=O) groups is 2. The van der Waals surface area contributed by atoms with Gasteiger partial charge in [0.1, 0.15) is 18.9 Å². The Bertz CT molecular complexity index is 762. The molecular formula is C19H20N2O3S. The number of aryl methyl sites for hydroxylation is 1. The van der Waals surface area contributed by atoms with Crippen LogP contribution in [0.15, 0.2) is 53.4 Å². The maximum absolute atomic E-state index is 12.2. The highest BCUT2D eigenvalue weighted by atomic mass is 32.2. The van der Waals surface area contributed by atoms with Crippen LogP contribution in [0.2, 0.25) is 0 Å². The van der Waals surface area contributed by atoms with Crippen molar-refractivity contribution in [1.82, 2.24) is 5.32 Å². The van der Waals surface area contributed by atoms with Crippen molar-refractivity contribution < 1.29 is 14.3 Å². The van der Waals surface area contributed by atoms with Gasteiger partial charge in [-0.2, -0.15) is 0 Å². The van der Waals surface area contributed by atoms with Crippen LogP contribution in [0.3, 0.4) is 0 Å². The molecule has 5 nitrogen and oxygen atoms in total. The minimum absolute atomic E-state index is 0.0287. The molecule has 0 atom stereocenters. The lowest BCUT2D eigenvalue weighted by atomic mass is 10.2. The summed E-state index contributed by atoms with van der Waals surface area (Å²) in [6, 6.07) is 15.4. The highest BCUT2D eigenvalue weighted by Gasteiger charge is 2.25. The van der Waals surface area contributed by atoms with E-state index in [0.29, 0.717) is 18.9 Å². The van der Waals surface area contributed by atoms with E-state index in [-0.39, 0.29) is 18.4 Å². The molecule has 0 fully saturated rings. The number of nitrogens with zero attached hydrogens (tertiary/aromatic N) is 1. The second-order valence-electron chi connectivity index (χ2n) is 5.75.